The summed E-state index contributed by atoms with van der Waals surface area (Å²) in [6.45, 7) is 5.95. The molecule has 0 aliphatic carbocycles. The van der Waals surface area contributed by atoms with E-state index >= 15 is 0 Å². The highest BCUT2D eigenvalue weighted by atomic mass is 19.1. The van der Waals surface area contributed by atoms with Crippen LogP contribution in [0.3, 0.4) is 0 Å². The van der Waals surface area contributed by atoms with Gasteiger partial charge in [0, 0.05) is 31.5 Å². The van der Waals surface area contributed by atoms with Crippen LogP contribution in [-0.4, -0.2) is 24.2 Å². The molecule has 2 rings (SSSR count). The summed E-state index contributed by atoms with van der Waals surface area (Å²) in [5.74, 6) is 0.364. The number of nitrogens with one attached hydrogen (secondary N) is 1. The summed E-state index contributed by atoms with van der Waals surface area (Å²) >= 11 is 0. The first-order chi connectivity index (χ1) is 8.66. The maximum absolute atomic E-state index is 13.1. The van der Waals surface area contributed by atoms with Crippen LogP contribution < -0.4 is 5.32 Å². The second-order valence-corrected chi connectivity index (χ2v) is 5.06. The van der Waals surface area contributed by atoms with Crippen LogP contribution in [0.25, 0.3) is 0 Å². The Hall–Kier alpha value is -1.00. The average Bonchev–Trinajstić information content (AvgIpc) is 2.39. The Morgan fingerprint density at radius 3 is 2.72 bits per heavy atom. The third-order valence-corrected chi connectivity index (χ3v) is 3.71. The fourth-order valence-electron chi connectivity index (χ4n) is 2.51. The largest absolute Gasteiger partial charge is 0.381 e. The summed E-state index contributed by atoms with van der Waals surface area (Å²) in [4.78, 5) is 3.89. The molecule has 3 nitrogen and oxygen atoms in total. The van der Waals surface area contributed by atoms with Crippen LogP contribution in [0, 0.1) is 11.7 Å². The van der Waals surface area contributed by atoms with Crippen molar-refractivity contribution >= 4 is 0 Å². The molecular formula is C14H21FN2O. The van der Waals surface area contributed by atoms with Gasteiger partial charge in [-0.3, -0.25) is 4.98 Å². The lowest BCUT2D eigenvalue weighted by atomic mass is 9.92. The zero-order valence-corrected chi connectivity index (χ0v) is 11.0. The maximum Gasteiger partial charge on any atom is 0.141 e. The van der Waals surface area contributed by atoms with Crippen molar-refractivity contribution in [1.29, 1.82) is 0 Å². The number of hydrogen-bond donors (Lipinski definition) is 1. The first kappa shape index (κ1) is 13.4. The van der Waals surface area contributed by atoms with Crippen LogP contribution in [0.4, 0.5) is 4.39 Å². The van der Waals surface area contributed by atoms with Crippen molar-refractivity contribution < 1.29 is 9.13 Å². The van der Waals surface area contributed by atoms with Crippen LogP contribution in [0.15, 0.2) is 18.5 Å². The molecule has 0 spiro atoms. The minimum atomic E-state index is -0.278. The monoisotopic (exact) mass is 252 g/mol. The highest BCUT2D eigenvalue weighted by Gasteiger charge is 2.22. The molecule has 1 fully saturated rings. The summed E-state index contributed by atoms with van der Waals surface area (Å²) in [6, 6.07) is 2.07. The number of hydrogen-bond acceptors (Lipinski definition) is 3. The summed E-state index contributed by atoms with van der Waals surface area (Å²) < 4.78 is 18.5. The van der Waals surface area contributed by atoms with Gasteiger partial charge in [0.05, 0.1) is 6.20 Å². The fraction of sp³-hybridized carbons (Fsp3) is 0.643. The molecule has 0 aromatic carbocycles. The number of pyridine rings is 1. The second-order valence-electron chi connectivity index (χ2n) is 5.06. The minimum Gasteiger partial charge on any atom is -0.381 e. The lowest BCUT2D eigenvalue weighted by Crippen LogP contribution is -2.38. The molecule has 1 aliphatic heterocycles. The van der Waals surface area contributed by atoms with Crippen molar-refractivity contribution in [2.75, 3.05) is 13.2 Å². The SMILES string of the molecule is CC(NC(C)C1CCOCC1)c1cncc(F)c1. The van der Waals surface area contributed by atoms with Crippen LogP contribution in [0.2, 0.25) is 0 Å². The number of aromatic nitrogens is 1. The summed E-state index contributed by atoms with van der Waals surface area (Å²) in [5.41, 5.74) is 0.897. The molecule has 0 amide bonds. The van der Waals surface area contributed by atoms with E-state index in [9.17, 15) is 4.39 Å². The molecule has 0 bridgehead atoms. The Labute approximate surface area is 108 Å². The van der Waals surface area contributed by atoms with Gasteiger partial charge in [0.25, 0.3) is 0 Å². The van der Waals surface area contributed by atoms with Crippen LogP contribution in [-0.2, 0) is 4.74 Å². The van der Waals surface area contributed by atoms with E-state index in [2.05, 4.69) is 17.2 Å². The average molecular weight is 252 g/mol. The van der Waals surface area contributed by atoms with Crippen molar-refractivity contribution in [1.82, 2.24) is 10.3 Å². The quantitative estimate of drug-likeness (QED) is 0.894. The predicted octanol–water partition coefficient (Wildman–Crippen LogP) is 2.69. The lowest BCUT2D eigenvalue weighted by Gasteiger charge is -2.30. The van der Waals surface area contributed by atoms with Gasteiger partial charge in [0.2, 0.25) is 0 Å². The molecule has 1 aliphatic rings. The van der Waals surface area contributed by atoms with Crippen molar-refractivity contribution in [3.05, 3.63) is 29.8 Å². The van der Waals surface area contributed by atoms with Gasteiger partial charge >= 0.3 is 0 Å². The molecule has 1 N–H and O–H groups in total. The van der Waals surface area contributed by atoms with E-state index in [1.54, 1.807) is 12.3 Å². The van der Waals surface area contributed by atoms with Crippen molar-refractivity contribution in [3.63, 3.8) is 0 Å². The minimum absolute atomic E-state index is 0.117. The van der Waals surface area contributed by atoms with Gasteiger partial charge < -0.3 is 10.1 Å². The third-order valence-electron chi connectivity index (χ3n) is 3.71. The zero-order chi connectivity index (χ0) is 13.0. The number of nitrogens with zero attached hydrogens (tertiary/aromatic N) is 1. The van der Waals surface area contributed by atoms with E-state index in [4.69, 9.17) is 4.74 Å². The van der Waals surface area contributed by atoms with Gasteiger partial charge in [-0.25, -0.2) is 4.39 Å². The molecule has 0 radical (unpaired) electrons. The Balaban J connectivity index is 1.91. The number of halogens is 1. The number of ether oxygens (including phenoxy) is 1. The summed E-state index contributed by atoms with van der Waals surface area (Å²) in [6.07, 6.45) is 5.15. The van der Waals surface area contributed by atoms with Gasteiger partial charge in [0.15, 0.2) is 0 Å². The molecule has 1 aromatic heterocycles. The smallest absolute Gasteiger partial charge is 0.141 e. The van der Waals surface area contributed by atoms with E-state index in [0.29, 0.717) is 12.0 Å². The van der Waals surface area contributed by atoms with Gasteiger partial charge in [-0.05, 0) is 44.2 Å². The lowest BCUT2D eigenvalue weighted by molar-refractivity contribution is 0.0547. The van der Waals surface area contributed by atoms with Crippen molar-refractivity contribution in [3.8, 4) is 0 Å². The highest BCUT2D eigenvalue weighted by molar-refractivity contribution is 5.14. The van der Waals surface area contributed by atoms with Gasteiger partial charge in [0.1, 0.15) is 5.82 Å². The first-order valence-corrected chi connectivity index (χ1v) is 6.61. The molecule has 100 valence electrons. The van der Waals surface area contributed by atoms with Crippen LogP contribution in [0.5, 0.6) is 0 Å². The van der Waals surface area contributed by atoms with Gasteiger partial charge in [-0.1, -0.05) is 0 Å². The van der Waals surface area contributed by atoms with E-state index in [-0.39, 0.29) is 11.9 Å². The molecular weight excluding hydrogens is 231 g/mol. The Kier molecular flexibility index (Phi) is 4.66. The molecule has 4 heteroatoms. The standard InChI is InChI=1S/C14H21FN2O/c1-10(12-3-5-18-6-4-12)17-11(2)13-7-14(15)9-16-8-13/h7-12,17H,3-6H2,1-2H3. The summed E-state index contributed by atoms with van der Waals surface area (Å²) in [7, 11) is 0. The third kappa shape index (κ3) is 3.50. The number of rotatable bonds is 4. The van der Waals surface area contributed by atoms with Crippen LogP contribution >= 0.6 is 0 Å². The first-order valence-electron chi connectivity index (χ1n) is 6.61. The molecule has 2 heterocycles. The predicted molar refractivity (Wildman–Crippen MR) is 68.8 cm³/mol. The van der Waals surface area contributed by atoms with E-state index < -0.39 is 0 Å². The van der Waals surface area contributed by atoms with Crippen LogP contribution in [0.1, 0.15) is 38.3 Å². The van der Waals surface area contributed by atoms with E-state index in [0.717, 1.165) is 31.6 Å². The second kappa shape index (κ2) is 6.25. The van der Waals surface area contributed by atoms with Crippen molar-refractivity contribution in [2.24, 2.45) is 5.92 Å². The Bertz CT molecular complexity index is 380. The van der Waals surface area contributed by atoms with E-state index in [1.165, 1.54) is 6.20 Å². The molecule has 1 saturated heterocycles. The maximum atomic E-state index is 13.1. The van der Waals surface area contributed by atoms with Gasteiger partial charge in [-0.2, -0.15) is 0 Å². The Morgan fingerprint density at radius 1 is 1.33 bits per heavy atom. The zero-order valence-electron chi connectivity index (χ0n) is 11.0. The Morgan fingerprint density at radius 2 is 2.06 bits per heavy atom. The highest BCUT2D eigenvalue weighted by Crippen LogP contribution is 2.21. The molecule has 0 saturated carbocycles. The van der Waals surface area contributed by atoms with Gasteiger partial charge in [-0.15, -0.1) is 0 Å². The molecule has 1 aromatic rings. The molecule has 18 heavy (non-hydrogen) atoms. The van der Waals surface area contributed by atoms with E-state index in [1.807, 2.05) is 6.92 Å². The molecule has 2 unspecified atom stereocenters. The molecule has 2 atom stereocenters. The van der Waals surface area contributed by atoms with Crippen molar-refractivity contribution in [2.45, 2.75) is 38.8 Å². The summed E-state index contributed by atoms with van der Waals surface area (Å²) in [5, 5.41) is 3.53. The fourth-order valence-corrected chi connectivity index (χ4v) is 2.51. The normalized spacial score (nSPS) is 20.6. The topological polar surface area (TPSA) is 34.1 Å².